The zero-order valence-corrected chi connectivity index (χ0v) is 10.5. The SMILES string of the molecule is O=C(CCBr)c1ccc(C(F)F)c(C(F)(F)F)c1. The molecular weight excluding hydrogens is 323 g/mol. The Kier molecular flexibility index (Phi) is 4.84. The number of hydrogen-bond donors (Lipinski definition) is 0. The maximum Gasteiger partial charge on any atom is 0.416 e. The highest BCUT2D eigenvalue weighted by molar-refractivity contribution is 9.09. The van der Waals surface area contributed by atoms with Gasteiger partial charge in [-0.15, -0.1) is 0 Å². The normalized spacial score (nSPS) is 11.9. The predicted octanol–water partition coefficient (Wildman–Crippen LogP) is 4.61. The summed E-state index contributed by atoms with van der Waals surface area (Å²) in [7, 11) is 0. The molecule has 0 saturated carbocycles. The molecule has 7 heteroatoms. The number of hydrogen-bond acceptors (Lipinski definition) is 1. The number of carbonyl (C=O) groups excluding carboxylic acids is 1. The fraction of sp³-hybridized carbons (Fsp3) is 0.364. The molecule has 1 aromatic rings. The molecule has 0 saturated heterocycles. The summed E-state index contributed by atoms with van der Waals surface area (Å²) in [6, 6.07) is 2.11. The van der Waals surface area contributed by atoms with Crippen LogP contribution in [0.2, 0.25) is 0 Å². The molecule has 1 aromatic carbocycles. The second kappa shape index (κ2) is 5.77. The van der Waals surface area contributed by atoms with E-state index in [1.807, 2.05) is 0 Å². The van der Waals surface area contributed by atoms with Crippen LogP contribution in [-0.2, 0) is 6.18 Å². The van der Waals surface area contributed by atoms with Crippen molar-refractivity contribution in [2.45, 2.75) is 19.0 Å². The molecule has 0 aliphatic heterocycles. The highest BCUT2D eigenvalue weighted by Crippen LogP contribution is 2.37. The maximum absolute atomic E-state index is 12.6. The van der Waals surface area contributed by atoms with E-state index in [1.54, 1.807) is 0 Å². The molecule has 0 N–H and O–H groups in total. The number of ketones is 1. The third-order valence-corrected chi connectivity index (χ3v) is 2.63. The van der Waals surface area contributed by atoms with Crippen LogP contribution < -0.4 is 0 Å². The van der Waals surface area contributed by atoms with Crippen LogP contribution in [0.4, 0.5) is 22.0 Å². The van der Waals surface area contributed by atoms with Crippen LogP contribution in [0.3, 0.4) is 0 Å². The molecular formula is C11H8BrF5O. The zero-order chi connectivity index (χ0) is 13.9. The van der Waals surface area contributed by atoms with Gasteiger partial charge in [-0.05, 0) is 6.07 Å². The molecule has 100 valence electrons. The summed E-state index contributed by atoms with van der Waals surface area (Å²) in [6.07, 6.45) is -8.14. The summed E-state index contributed by atoms with van der Waals surface area (Å²) in [5.74, 6) is -0.529. The van der Waals surface area contributed by atoms with Crippen LogP contribution in [-0.4, -0.2) is 11.1 Å². The zero-order valence-electron chi connectivity index (χ0n) is 8.90. The minimum Gasteiger partial charge on any atom is -0.294 e. The van der Waals surface area contributed by atoms with E-state index >= 15 is 0 Å². The van der Waals surface area contributed by atoms with Crippen LogP contribution in [0.1, 0.15) is 34.3 Å². The van der Waals surface area contributed by atoms with Crippen LogP contribution in [0.25, 0.3) is 0 Å². The van der Waals surface area contributed by atoms with Crippen molar-refractivity contribution in [3.63, 3.8) is 0 Å². The number of halogens is 6. The molecule has 0 amide bonds. The number of benzene rings is 1. The van der Waals surface area contributed by atoms with E-state index in [-0.39, 0.29) is 12.0 Å². The van der Waals surface area contributed by atoms with Crippen molar-refractivity contribution in [2.24, 2.45) is 0 Å². The number of Topliss-reactive ketones (excluding diaryl/α,β-unsaturated/α-hetero) is 1. The summed E-state index contributed by atoms with van der Waals surface area (Å²) in [5.41, 5.74) is -2.79. The first-order chi connectivity index (χ1) is 8.27. The van der Waals surface area contributed by atoms with Gasteiger partial charge in [-0.1, -0.05) is 28.1 Å². The van der Waals surface area contributed by atoms with Gasteiger partial charge in [0, 0.05) is 22.9 Å². The predicted molar refractivity (Wildman–Crippen MR) is 59.1 cm³/mol. The van der Waals surface area contributed by atoms with Crippen molar-refractivity contribution in [3.8, 4) is 0 Å². The summed E-state index contributed by atoms with van der Waals surface area (Å²) >= 11 is 2.98. The average Bonchev–Trinajstić information content (AvgIpc) is 2.27. The first-order valence-electron chi connectivity index (χ1n) is 4.86. The number of rotatable bonds is 4. The van der Waals surface area contributed by atoms with Gasteiger partial charge in [0.1, 0.15) is 0 Å². The van der Waals surface area contributed by atoms with Crippen LogP contribution >= 0.6 is 15.9 Å². The quantitative estimate of drug-likeness (QED) is 0.447. The Hall–Kier alpha value is -0.980. The minimum absolute atomic E-state index is 0.00528. The first kappa shape index (κ1) is 15.1. The van der Waals surface area contributed by atoms with Gasteiger partial charge in [0.2, 0.25) is 0 Å². The van der Waals surface area contributed by atoms with Crippen LogP contribution in [0.15, 0.2) is 18.2 Å². The Morgan fingerprint density at radius 1 is 1.28 bits per heavy atom. The Balaban J connectivity index is 3.26. The van der Waals surface area contributed by atoms with Crippen molar-refractivity contribution in [3.05, 3.63) is 34.9 Å². The lowest BCUT2D eigenvalue weighted by atomic mass is 10.0. The Morgan fingerprint density at radius 3 is 2.33 bits per heavy atom. The smallest absolute Gasteiger partial charge is 0.294 e. The number of carbonyl (C=O) groups is 1. The largest absolute Gasteiger partial charge is 0.416 e. The summed E-state index contributed by atoms with van der Waals surface area (Å²) < 4.78 is 62.6. The Bertz CT molecular complexity index is 442. The van der Waals surface area contributed by atoms with E-state index in [0.717, 1.165) is 6.07 Å². The molecule has 0 bridgehead atoms. The van der Waals surface area contributed by atoms with Crippen molar-refractivity contribution in [1.29, 1.82) is 0 Å². The molecule has 0 aromatic heterocycles. The summed E-state index contributed by atoms with van der Waals surface area (Å²) in [6.45, 7) is 0. The van der Waals surface area contributed by atoms with E-state index in [9.17, 15) is 26.7 Å². The Morgan fingerprint density at radius 2 is 1.89 bits per heavy atom. The molecule has 0 aliphatic carbocycles. The van der Waals surface area contributed by atoms with E-state index < -0.39 is 29.5 Å². The molecule has 0 aliphatic rings. The van der Waals surface area contributed by atoms with Gasteiger partial charge in [-0.3, -0.25) is 4.79 Å². The van der Waals surface area contributed by atoms with Gasteiger partial charge >= 0.3 is 6.18 Å². The van der Waals surface area contributed by atoms with Gasteiger partial charge in [0.25, 0.3) is 6.43 Å². The van der Waals surface area contributed by atoms with Gasteiger partial charge in [-0.2, -0.15) is 13.2 Å². The van der Waals surface area contributed by atoms with Crippen molar-refractivity contribution < 1.29 is 26.7 Å². The third kappa shape index (κ3) is 3.51. The van der Waals surface area contributed by atoms with Gasteiger partial charge in [0.05, 0.1) is 5.56 Å². The molecule has 18 heavy (non-hydrogen) atoms. The van der Waals surface area contributed by atoms with Crippen molar-refractivity contribution in [1.82, 2.24) is 0 Å². The van der Waals surface area contributed by atoms with Gasteiger partial charge in [-0.25, -0.2) is 8.78 Å². The third-order valence-electron chi connectivity index (χ3n) is 2.24. The molecule has 1 rings (SSSR count). The highest BCUT2D eigenvalue weighted by Gasteiger charge is 2.36. The fourth-order valence-electron chi connectivity index (χ4n) is 1.40. The van der Waals surface area contributed by atoms with E-state index in [4.69, 9.17) is 0 Å². The second-order valence-corrected chi connectivity index (χ2v) is 4.26. The lowest BCUT2D eigenvalue weighted by molar-refractivity contribution is -0.139. The lowest BCUT2D eigenvalue weighted by Crippen LogP contribution is -2.12. The Labute approximate surface area is 108 Å². The highest BCUT2D eigenvalue weighted by atomic mass is 79.9. The molecule has 0 fully saturated rings. The molecule has 0 unspecified atom stereocenters. The van der Waals surface area contributed by atoms with E-state index in [2.05, 4.69) is 15.9 Å². The molecule has 0 atom stereocenters. The summed E-state index contributed by atoms with van der Waals surface area (Å²) in [4.78, 5) is 11.4. The van der Waals surface area contributed by atoms with Gasteiger partial charge < -0.3 is 0 Å². The maximum atomic E-state index is 12.6. The monoisotopic (exact) mass is 330 g/mol. The number of alkyl halides is 6. The topological polar surface area (TPSA) is 17.1 Å². The van der Waals surface area contributed by atoms with Crippen molar-refractivity contribution >= 4 is 21.7 Å². The standard InChI is InChI=1S/C11H8BrF5O/c12-4-3-9(18)6-1-2-7(10(13)14)8(5-6)11(15,16)17/h1-2,5,10H,3-4H2. The second-order valence-electron chi connectivity index (χ2n) is 3.46. The molecule has 0 heterocycles. The van der Waals surface area contributed by atoms with Crippen LogP contribution in [0, 0.1) is 0 Å². The molecule has 1 nitrogen and oxygen atoms in total. The molecule has 0 spiro atoms. The molecule has 0 radical (unpaired) electrons. The van der Waals surface area contributed by atoms with E-state index in [0.29, 0.717) is 17.5 Å². The van der Waals surface area contributed by atoms with Crippen molar-refractivity contribution in [2.75, 3.05) is 5.33 Å². The van der Waals surface area contributed by atoms with E-state index in [1.165, 1.54) is 0 Å². The minimum atomic E-state index is -4.91. The summed E-state index contributed by atoms with van der Waals surface area (Å²) in [5, 5.41) is 0.295. The van der Waals surface area contributed by atoms with Crippen LogP contribution in [0.5, 0.6) is 0 Å². The van der Waals surface area contributed by atoms with Gasteiger partial charge in [0.15, 0.2) is 5.78 Å². The fourth-order valence-corrected chi connectivity index (χ4v) is 1.76. The average molecular weight is 331 g/mol. The lowest BCUT2D eigenvalue weighted by Gasteiger charge is -2.13. The first-order valence-corrected chi connectivity index (χ1v) is 5.98.